The van der Waals surface area contributed by atoms with Crippen molar-refractivity contribution in [3.8, 4) is 11.5 Å². The molecule has 0 aliphatic rings. The van der Waals surface area contributed by atoms with Crippen molar-refractivity contribution in [2.24, 2.45) is 0 Å². The fourth-order valence-electron chi connectivity index (χ4n) is 2.54. The first kappa shape index (κ1) is 18.3. The lowest BCUT2D eigenvalue weighted by atomic mass is 9.87. The molecule has 136 valence electrons. The molecule has 1 amide bonds. The minimum atomic E-state index is 0.0294. The SMILES string of the molecule is CN(Cc1nnc(-c2ccc(C(C)(C)C)cc2)o1)C(=O)Cc1cccs1. The smallest absolute Gasteiger partial charge is 0.247 e. The van der Waals surface area contributed by atoms with E-state index < -0.39 is 0 Å². The molecule has 0 saturated carbocycles. The number of hydrogen-bond donors (Lipinski definition) is 0. The highest BCUT2D eigenvalue weighted by molar-refractivity contribution is 7.10. The Hall–Kier alpha value is -2.47. The van der Waals surface area contributed by atoms with Crippen molar-refractivity contribution in [2.45, 2.75) is 39.2 Å². The van der Waals surface area contributed by atoms with Crippen LogP contribution in [0.2, 0.25) is 0 Å². The first-order valence-corrected chi connectivity index (χ1v) is 9.40. The van der Waals surface area contributed by atoms with E-state index in [0.717, 1.165) is 10.4 Å². The number of likely N-dealkylation sites (N-methyl/N-ethyl adjacent to an activating group) is 1. The van der Waals surface area contributed by atoms with Gasteiger partial charge < -0.3 is 9.32 Å². The third-order valence-electron chi connectivity index (χ3n) is 4.17. The third kappa shape index (κ3) is 4.38. The van der Waals surface area contributed by atoms with Gasteiger partial charge in [0.05, 0.1) is 13.0 Å². The number of carbonyl (C=O) groups excluding carboxylic acids is 1. The second kappa shape index (κ2) is 7.41. The Kier molecular flexibility index (Phi) is 5.23. The Morgan fingerprint density at radius 1 is 1.15 bits per heavy atom. The van der Waals surface area contributed by atoms with E-state index in [1.54, 1.807) is 23.3 Å². The lowest BCUT2D eigenvalue weighted by Crippen LogP contribution is -2.27. The van der Waals surface area contributed by atoms with Crippen LogP contribution < -0.4 is 0 Å². The summed E-state index contributed by atoms with van der Waals surface area (Å²) in [5.41, 5.74) is 2.23. The van der Waals surface area contributed by atoms with Gasteiger partial charge in [-0.3, -0.25) is 4.79 Å². The van der Waals surface area contributed by atoms with E-state index in [1.807, 2.05) is 29.6 Å². The molecule has 3 rings (SSSR count). The normalized spacial score (nSPS) is 11.5. The maximum Gasteiger partial charge on any atom is 0.247 e. The molecule has 2 aromatic heterocycles. The summed E-state index contributed by atoms with van der Waals surface area (Å²) in [6, 6.07) is 12.0. The van der Waals surface area contributed by atoms with Crippen LogP contribution in [0.4, 0.5) is 0 Å². The fourth-order valence-corrected chi connectivity index (χ4v) is 3.23. The summed E-state index contributed by atoms with van der Waals surface area (Å²) in [7, 11) is 1.75. The highest BCUT2D eigenvalue weighted by Crippen LogP contribution is 2.25. The van der Waals surface area contributed by atoms with Crippen LogP contribution in [0, 0.1) is 0 Å². The second-order valence-corrected chi connectivity index (χ2v) is 8.37. The van der Waals surface area contributed by atoms with Gasteiger partial charge in [-0.25, -0.2) is 0 Å². The summed E-state index contributed by atoms with van der Waals surface area (Å²) >= 11 is 1.58. The largest absolute Gasteiger partial charge is 0.419 e. The van der Waals surface area contributed by atoms with Gasteiger partial charge >= 0.3 is 0 Å². The second-order valence-electron chi connectivity index (χ2n) is 7.33. The van der Waals surface area contributed by atoms with E-state index in [0.29, 0.717) is 24.7 Å². The van der Waals surface area contributed by atoms with E-state index in [1.165, 1.54) is 5.56 Å². The van der Waals surface area contributed by atoms with Gasteiger partial charge in [-0.1, -0.05) is 39.0 Å². The molecule has 0 N–H and O–H groups in total. The molecule has 0 aliphatic carbocycles. The van der Waals surface area contributed by atoms with Gasteiger partial charge in [-0.15, -0.1) is 21.5 Å². The van der Waals surface area contributed by atoms with E-state index in [9.17, 15) is 4.79 Å². The van der Waals surface area contributed by atoms with E-state index in [4.69, 9.17) is 4.42 Å². The molecule has 0 atom stereocenters. The Morgan fingerprint density at radius 2 is 1.88 bits per heavy atom. The van der Waals surface area contributed by atoms with Crippen molar-refractivity contribution in [2.75, 3.05) is 7.05 Å². The summed E-state index contributed by atoms with van der Waals surface area (Å²) in [4.78, 5) is 14.9. The zero-order valence-corrected chi connectivity index (χ0v) is 16.3. The molecule has 0 unspecified atom stereocenters. The van der Waals surface area contributed by atoms with Crippen molar-refractivity contribution >= 4 is 17.2 Å². The highest BCUT2D eigenvalue weighted by Gasteiger charge is 2.17. The third-order valence-corrected chi connectivity index (χ3v) is 5.04. The average Bonchev–Trinajstić information content (AvgIpc) is 3.26. The Balaban J connectivity index is 1.65. The molecule has 0 saturated heterocycles. The Labute approximate surface area is 157 Å². The van der Waals surface area contributed by atoms with Gasteiger partial charge in [-0.2, -0.15) is 0 Å². The van der Waals surface area contributed by atoms with Gasteiger partial charge in [0, 0.05) is 17.5 Å². The van der Waals surface area contributed by atoms with Gasteiger partial charge in [0.2, 0.25) is 17.7 Å². The number of nitrogens with zero attached hydrogens (tertiary/aromatic N) is 3. The van der Waals surface area contributed by atoms with Crippen LogP contribution in [0.3, 0.4) is 0 Å². The zero-order chi connectivity index (χ0) is 18.7. The van der Waals surface area contributed by atoms with Crippen molar-refractivity contribution in [1.29, 1.82) is 0 Å². The van der Waals surface area contributed by atoms with Crippen LogP contribution in [0.15, 0.2) is 46.2 Å². The maximum absolute atomic E-state index is 12.3. The molecular weight excluding hydrogens is 346 g/mol. The molecule has 0 spiro atoms. The summed E-state index contributed by atoms with van der Waals surface area (Å²) in [6.07, 6.45) is 0.392. The minimum absolute atomic E-state index is 0.0294. The number of thiophene rings is 1. The predicted octanol–water partition coefficient (Wildman–Crippen LogP) is 4.30. The molecule has 0 fully saturated rings. The standard InChI is InChI=1S/C20H23N3O2S/c1-20(2,3)15-9-7-14(8-10-15)19-22-21-17(25-19)13-23(4)18(24)12-16-6-5-11-26-16/h5-11H,12-13H2,1-4H3. The van der Waals surface area contributed by atoms with Crippen molar-refractivity contribution in [3.63, 3.8) is 0 Å². The molecule has 1 aromatic carbocycles. The first-order chi connectivity index (χ1) is 12.3. The molecular formula is C20H23N3O2S. The summed E-state index contributed by atoms with van der Waals surface area (Å²) in [6.45, 7) is 6.83. The molecule has 2 heterocycles. The zero-order valence-electron chi connectivity index (χ0n) is 15.5. The number of aromatic nitrogens is 2. The summed E-state index contributed by atoms with van der Waals surface area (Å²) in [5, 5.41) is 10.2. The lowest BCUT2D eigenvalue weighted by Gasteiger charge is -2.18. The number of carbonyl (C=O) groups is 1. The van der Waals surface area contributed by atoms with Crippen LogP contribution in [0.25, 0.3) is 11.5 Å². The number of amides is 1. The molecule has 5 nitrogen and oxygen atoms in total. The van der Waals surface area contributed by atoms with Gasteiger partial charge in [0.15, 0.2) is 0 Å². The van der Waals surface area contributed by atoms with Crippen LogP contribution in [-0.4, -0.2) is 28.1 Å². The van der Waals surface area contributed by atoms with E-state index >= 15 is 0 Å². The van der Waals surface area contributed by atoms with Crippen molar-refractivity contribution < 1.29 is 9.21 Å². The molecule has 26 heavy (non-hydrogen) atoms. The van der Waals surface area contributed by atoms with Crippen LogP contribution in [0.5, 0.6) is 0 Å². The van der Waals surface area contributed by atoms with E-state index in [-0.39, 0.29) is 11.3 Å². The Morgan fingerprint density at radius 3 is 2.50 bits per heavy atom. The van der Waals surface area contributed by atoms with Crippen molar-refractivity contribution in [3.05, 3.63) is 58.1 Å². The highest BCUT2D eigenvalue weighted by atomic mass is 32.1. The minimum Gasteiger partial charge on any atom is -0.419 e. The quantitative estimate of drug-likeness (QED) is 0.673. The topological polar surface area (TPSA) is 59.2 Å². The maximum atomic E-state index is 12.3. The van der Waals surface area contributed by atoms with Crippen LogP contribution in [-0.2, 0) is 23.2 Å². The first-order valence-electron chi connectivity index (χ1n) is 8.52. The van der Waals surface area contributed by atoms with E-state index in [2.05, 4.69) is 43.1 Å². The van der Waals surface area contributed by atoms with Gasteiger partial charge in [0.1, 0.15) is 0 Å². The van der Waals surface area contributed by atoms with Gasteiger partial charge in [-0.05, 0) is 34.6 Å². The number of rotatable bonds is 5. The lowest BCUT2D eigenvalue weighted by molar-refractivity contribution is -0.129. The summed E-state index contributed by atoms with van der Waals surface area (Å²) in [5.74, 6) is 0.934. The van der Waals surface area contributed by atoms with Gasteiger partial charge in [0.25, 0.3) is 0 Å². The average molecular weight is 369 g/mol. The monoisotopic (exact) mass is 369 g/mol. The molecule has 6 heteroatoms. The molecule has 0 bridgehead atoms. The molecule has 0 radical (unpaired) electrons. The number of hydrogen-bond acceptors (Lipinski definition) is 5. The predicted molar refractivity (Wildman–Crippen MR) is 103 cm³/mol. The van der Waals surface area contributed by atoms with Crippen molar-refractivity contribution in [1.82, 2.24) is 15.1 Å². The molecule has 0 aliphatic heterocycles. The fraction of sp³-hybridized carbons (Fsp3) is 0.350. The number of benzene rings is 1. The summed E-state index contributed by atoms with van der Waals surface area (Å²) < 4.78 is 5.74. The van der Waals surface area contributed by atoms with Crippen LogP contribution >= 0.6 is 11.3 Å². The Bertz CT molecular complexity index is 861. The van der Waals surface area contributed by atoms with Crippen LogP contribution in [0.1, 0.15) is 37.1 Å². The molecule has 3 aromatic rings.